The normalized spacial score (nSPS) is 15.1. The van der Waals surface area contributed by atoms with Crippen molar-refractivity contribution in [3.8, 4) is 0 Å². The van der Waals surface area contributed by atoms with Crippen LogP contribution in [0.2, 0.25) is 0 Å². The van der Waals surface area contributed by atoms with Gasteiger partial charge in [0.2, 0.25) is 5.91 Å². The molecule has 5 heteroatoms. The Hall–Kier alpha value is -1.10. The van der Waals surface area contributed by atoms with Crippen molar-refractivity contribution in [3.05, 3.63) is 0 Å². The van der Waals surface area contributed by atoms with E-state index in [-0.39, 0.29) is 36.2 Å². The number of nitrogens with one attached hydrogen (secondary N) is 1. The number of hydrogen-bond donors (Lipinski definition) is 3. The van der Waals surface area contributed by atoms with Gasteiger partial charge in [0, 0.05) is 19.0 Å². The maximum Gasteiger partial charge on any atom is 0.308 e. The third-order valence-electron chi connectivity index (χ3n) is 3.03. The smallest absolute Gasteiger partial charge is 0.308 e. The summed E-state index contributed by atoms with van der Waals surface area (Å²) in [5.41, 5.74) is 5.73. The molecule has 0 rings (SSSR count). The topological polar surface area (TPSA) is 92.4 Å². The fraction of sp³-hybridized carbons (Fsp3) is 0.857. The molecule has 0 spiro atoms. The fourth-order valence-corrected chi connectivity index (χ4v) is 1.74. The Kier molecular flexibility index (Phi) is 7.05. The molecule has 0 fully saturated rings. The van der Waals surface area contributed by atoms with Crippen molar-refractivity contribution in [2.24, 2.45) is 23.0 Å². The molecule has 0 aliphatic heterocycles. The maximum absolute atomic E-state index is 11.7. The predicted molar refractivity (Wildman–Crippen MR) is 75.6 cm³/mol. The van der Waals surface area contributed by atoms with Gasteiger partial charge in [0.25, 0.3) is 0 Å². The molecule has 112 valence electrons. The summed E-state index contributed by atoms with van der Waals surface area (Å²) in [5, 5.41) is 11.8. The molecule has 0 aliphatic carbocycles. The first-order valence-electron chi connectivity index (χ1n) is 6.78. The van der Waals surface area contributed by atoms with E-state index in [4.69, 9.17) is 10.8 Å². The van der Waals surface area contributed by atoms with E-state index in [0.29, 0.717) is 6.42 Å². The van der Waals surface area contributed by atoms with Crippen LogP contribution in [0.1, 0.15) is 47.5 Å². The van der Waals surface area contributed by atoms with Crippen LogP contribution in [0.25, 0.3) is 0 Å². The van der Waals surface area contributed by atoms with Gasteiger partial charge in [0.15, 0.2) is 0 Å². The SMILES string of the molecule is CC(C)C(N)CC(=O)NCC(CC(C)(C)C)C(=O)O. The first-order valence-corrected chi connectivity index (χ1v) is 6.78. The van der Waals surface area contributed by atoms with Crippen LogP contribution < -0.4 is 11.1 Å². The van der Waals surface area contributed by atoms with Crippen molar-refractivity contribution >= 4 is 11.9 Å². The second-order valence-corrected chi connectivity index (χ2v) is 6.72. The minimum atomic E-state index is -0.872. The molecule has 0 saturated heterocycles. The molecule has 0 aliphatic rings. The monoisotopic (exact) mass is 272 g/mol. The Balaban J connectivity index is 4.26. The van der Waals surface area contributed by atoms with Crippen molar-refractivity contribution < 1.29 is 14.7 Å². The van der Waals surface area contributed by atoms with E-state index in [1.807, 2.05) is 34.6 Å². The number of nitrogens with two attached hydrogens (primary N) is 1. The second-order valence-electron chi connectivity index (χ2n) is 6.72. The average Bonchev–Trinajstić information content (AvgIpc) is 2.21. The average molecular weight is 272 g/mol. The summed E-state index contributed by atoms with van der Waals surface area (Å²) >= 11 is 0. The molecule has 4 N–H and O–H groups in total. The Morgan fingerprint density at radius 2 is 1.79 bits per heavy atom. The summed E-state index contributed by atoms with van der Waals surface area (Å²) in [5.74, 6) is -1.38. The highest BCUT2D eigenvalue weighted by Gasteiger charge is 2.25. The Labute approximate surface area is 115 Å². The molecule has 0 aromatic carbocycles. The van der Waals surface area contributed by atoms with Crippen molar-refractivity contribution in [2.45, 2.75) is 53.5 Å². The lowest BCUT2D eigenvalue weighted by atomic mass is 9.84. The zero-order chi connectivity index (χ0) is 15.2. The van der Waals surface area contributed by atoms with Gasteiger partial charge in [-0.25, -0.2) is 0 Å². The van der Waals surface area contributed by atoms with Crippen LogP contribution in [0.15, 0.2) is 0 Å². The van der Waals surface area contributed by atoms with Gasteiger partial charge in [-0.1, -0.05) is 34.6 Å². The standard InChI is InChI=1S/C14H28N2O3/c1-9(2)11(15)6-12(17)16-8-10(13(18)19)7-14(3,4)5/h9-11H,6-8,15H2,1-5H3,(H,16,17)(H,18,19). The van der Waals surface area contributed by atoms with Crippen LogP contribution in [-0.2, 0) is 9.59 Å². The molecule has 5 nitrogen and oxygen atoms in total. The molecule has 0 aromatic rings. The quantitative estimate of drug-likeness (QED) is 0.656. The predicted octanol–water partition coefficient (Wildman–Crippen LogP) is 1.61. The number of carboxylic acid groups (broad SMARTS) is 1. The molecule has 0 bridgehead atoms. The number of rotatable bonds is 7. The van der Waals surface area contributed by atoms with Crippen molar-refractivity contribution in [1.29, 1.82) is 0 Å². The molecular weight excluding hydrogens is 244 g/mol. The van der Waals surface area contributed by atoms with Crippen LogP contribution in [0.4, 0.5) is 0 Å². The van der Waals surface area contributed by atoms with Gasteiger partial charge in [-0.15, -0.1) is 0 Å². The minimum Gasteiger partial charge on any atom is -0.481 e. The highest BCUT2D eigenvalue weighted by molar-refractivity contribution is 5.77. The van der Waals surface area contributed by atoms with Gasteiger partial charge in [-0.3, -0.25) is 9.59 Å². The van der Waals surface area contributed by atoms with E-state index >= 15 is 0 Å². The third kappa shape index (κ3) is 8.59. The molecule has 1 amide bonds. The lowest BCUT2D eigenvalue weighted by Crippen LogP contribution is -2.39. The molecule has 0 heterocycles. The molecule has 0 aromatic heterocycles. The van der Waals surface area contributed by atoms with E-state index in [9.17, 15) is 9.59 Å². The Morgan fingerprint density at radius 3 is 2.16 bits per heavy atom. The molecule has 2 atom stereocenters. The zero-order valence-electron chi connectivity index (χ0n) is 12.7. The van der Waals surface area contributed by atoms with Gasteiger partial charge in [-0.05, 0) is 17.8 Å². The minimum absolute atomic E-state index is 0.0812. The molecule has 0 saturated carbocycles. The fourth-order valence-electron chi connectivity index (χ4n) is 1.74. The van der Waals surface area contributed by atoms with E-state index in [0.717, 1.165) is 0 Å². The summed E-state index contributed by atoms with van der Waals surface area (Å²) in [6.45, 7) is 10.0. The van der Waals surface area contributed by atoms with Crippen molar-refractivity contribution in [3.63, 3.8) is 0 Å². The van der Waals surface area contributed by atoms with E-state index in [1.165, 1.54) is 0 Å². The van der Waals surface area contributed by atoms with Gasteiger partial charge in [0.05, 0.1) is 5.92 Å². The maximum atomic E-state index is 11.7. The van der Waals surface area contributed by atoms with Gasteiger partial charge >= 0.3 is 5.97 Å². The largest absolute Gasteiger partial charge is 0.481 e. The second kappa shape index (κ2) is 7.48. The van der Waals surface area contributed by atoms with E-state index in [2.05, 4.69) is 5.32 Å². The van der Waals surface area contributed by atoms with Crippen LogP contribution in [0.5, 0.6) is 0 Å². The number of hydrogen-bond acceptors (Lipinski definition) is 3. The lowest BCUT2D eigenvalue weighted by Gasteiger charge is -2.23. The highest BCUT2D eigenvalue weighted by atomic mass is 16.4. The van der Waals surface area contributed by atoms with Crippen molar-refractivity contribution in [2.75, 3.05) is 6.54 Å². The first kappa shape index (κ1) is 17.9. The Bertz CT molecular complexity index is 308. The number of carbonyl (C=O) groups is 2. The molecule has 19 heavy (non-hydrogen) atoms. The number of carboxylic acids is 1. The van der Waals surface area contributed by atoms with E-state index < -0.39 is 11.9 Å². The Morgan fingerprint density at radius 1 is 1.26 bits per heavy atom. The number of amides is 1. The highest BCUT2D eigenvalue weighted by Crippen LogP contribution is 2.24. The summed E-state index contributed by atoms with van der Waals surface area (Å²) in [4.78, 5) is 22.8. The van der Waals surface area contributed by atoms with Crippen LogP contribution in [0.3, 0.4) is 0 Å². The summed E-state index contributed by atoms with van der Waals surface area (Å²) in [6, 6.07) is -0.189. The third-order valence-corrected chi connectivity index (χ3v) is 3.03. The van der Waals surface area contributed by atoms with Crippen LogP contribution in [-0.4, -0.2) is 29.6 Å². The van der Waals surface area contributed by atoms with Gasteiger partial charge in [-0.2, -0.15) is 0 Å². The lowest BCUT2D eigenvalue weighted by molar-refractivity contribution is -0.142. The molecule has 2 unspecified atom stereocenters. The van der Waals surface area contributed by atoms with Crippen molar-refractivity contribution in [1.82, 2.24) is 5.32 Å². The van der Waals surface area contributed by atoms with E-state index in [1.54, 1.807) is 0 Å². The van der Waals surface area contributed by atoms with Crippen LogP contribution in [0, 0.1) is 17.3 Å². The molecule has 0 radical (unpaired) electrons. The van der Waals surface area contributed by atoms with Gasteiger partial charge in [0.1, 0.15) is 0 Å². The first-order chi connectivity index (χ1) is 8.53. The number of aliphatic carboxylic acids is 1. The zero-order valence-corrected chi connectivity index (χ0v) is 12.7. The van der Waals surface area contributed by atoms with Crippen LogP contribution >= 0.6 is 0 Å². The number of carbonyl (C=O) groups excluding carboxylic acids is 1. The summed E-state index contributed by atoms with van der Waals surface area (Å²) in [6.07, 6.45) is 0.762. The van der Waals surface area contributed by atoms with Gasteiger partial charge < -0.3 is 16.2 Å². The summed E-state index contributed by atoms with van der Waals surface area (Å²) in [7, 11) is 0. The molecular formula is C14H28N2O3. The summed E-state index contributed by atoms with van der Waals surface area (Å²) < 4.78 is 0.